The SMILES string of the molecule is CC(Cc1cccs1)N(C)Cc1cc(F)ccc1C(=O)O. The maximum atomic E-state index is 13.4. The third-order valence-electron chi connectivity index (χ3n) is 3.55. The molecule has 0 aliphatic rings. The summed E-state index contributed by atoms with van der Waals surface area (Å²) in [7, 11) is 1.93. The lowest BCUT2D eigenvalue weighted by Gasteiger charge is -2.25. The molecule has 0 spiro atoms. The second-order valence-electron chi connectivity index (χ2n) is 5.15. The number of benzene rings is 1. The summed E-state index contributed by atoms with van der Waals surface area (Å²) in [6.07, 6.45) is 0.895. The highest BCUT2D eigenvalue weighted by Crippen LogP contribution is 2.18. The number of carboxylic acid groups (broad SMARTS) is 1. The Morgan fingerprint density at radius 3 is 2.81 bits per heavy atom. The zero-order valence-electron chi connectivity index (χ0n) is 12.0. The number of hydrogen-bond donors (Lipinski definition) is 1. The minimum atomic E-state index is -1.02. The van der Waals surface area contributed by atoms with Gasteiger partial charge in [0, 0.05) is 17.5 Å². The first-order valence-electron chi connectivity index (χ1n) is 6.71. The maximum absolute atomic E-state index is 13.4. The molecule has 3 nitrogen and oxygen atoms in total. The average Bonchev–Trinajstić information content (AvgIpc) is 2.91. The summed E-state index contributed by atoms with van der Waals surface area (Å²) >= 11 is 1.70. The fourth-order valence-electron chi connectivity index (χ4n) is 2.20. The molecule has 1 aromatic carbocycles. The summed E-state index contributed by atoms with van der Waals surface area (Å²) < 4.78 is 13.4. The first-order chi connectivity index (χ1) is 9.97. The molecule has 0 aliphatic heterocycles. The molecule has 21 heavy (non-hydrogen) atoms. The van der Waals surface area contributed by atoms with Gasteiger partial charge in [-0.1, -0.05) is 6.07 Å². The van der Waals surface area contributed by atoms with Crippen molar-refractivity contribution in [3.63, 3.8) is 0 Å². The molecule has 0 amide bonds. The van der Waals surface area contributed by atoms with E-state index in [0.29, 0.717) is 12.1 Å². The monoisotopic (exact) mass is 307 g/mol. The molecule has 1 aromatic heterocycles. The molecule has 1 atom stereocenters. The maximum Gasteiger partial charge on any atom is 0.336 e. The molecule has 0 aliphatic carbocycles. The van der Waals surface area contributed by atoms with Crippen molar-refractivity contribution in [2.45, 2.75) is 25.9 Å². The lowest BCUT2D eigenvalue weighted by Crippen LogP contribution is -2.30. The van der Waals surface area contributed by atoms with E-state index in [1.807, 2.05) is 23.4 Å². The Morgan fingerprint density at radius 2 is 2.19 bits per heavy atom. The van der Waals surface area contributed by atoms with E-state index >= 15 is 0 Å². The minimum absolute atomic E-state index is 0.159. The Labute approximate surface area is 127 Å². The normalized spacial score (nSPS) is 12.6. The van der Waals surface area contributed by atoms with E-state index in [4.69, 9.17) is 0 Å². The molecule has 1 N–H and O–H groups in total. The van der Waals surface area contributed by atoms with Crippen molar-refractivity contribution in [2.24, 2.45) is 0 Å². The van der Waals surface area contributed by atoms with Crippen LogP contribution in [0.2, 0.25) is 0 Å². The zero-order chi connectivity index (χ0) is 15.4. The Balaban J connectivity index is 2.09. The van der Waals surface area contributed by atoms with Crippen molar-refractivity contribution in [1.29, 1.82) is 0 Å². The number of halogens is 1. The molecule has 2 aromatic rings. The van der Waals surface area contributed by atoms with Gasteiger partial charge in [0.15, 0.2) is 0 Å². The summed E-state index contributed by atoms with van der Waals surface area (Å²) in [6, 6.07) is 8.15. The van der Waals surface area contributed by atoms with Gasteiger partial charge in [-0.2, -0.15) is 0 Å². The van der Waals surface area contributed by atoms with Gasteiger partial charge < -0.3 is 5.11 Å². The van der Waals surface area contributed by atoms with Crippen molar-refractivity contribution in [3.05, 3.63) is 57.5 Å². The van der Waals surface area contributed by atoms with Crippen LogP contribution in [0, 0.1) is 5.82 Å². The van der Waals surface area contributed by atoms with Crippen molar-refractivity contribution < 1.29 is 14.3 Å². The molecule has 0 bridgehead atoms. The standard InChI is InChI=1S/C16H18FNO2S/c1-11(8-14-4-3-7-21-14)18(2)10-12-9-13(17)5-6-15(12)16(19)20/h3-7,9,11H,8,10H2,1-2H3,(H,19,20). The van der Waals surface area contributed by atoms with Crippen LogP contribution in [0.4, 0.5) is 4.39 Å². The molecule has 0 radical (unpaired) electrons. The molecular weight excluding hydrogens is 289 g/mol. The second-order valence-corrected chi connectivity index (χ2v) is 6.19. The minimum Gasteiger partial charge on any atom is -0.478 e. The Kier molecular flexibility index (Phi) is 5.09. The molecule has 1 heterocycles. The molecular formula is C16H18FNO2S. The van der Waals surface area contributed by atoms with E-state index in [1.165, 1.54) is 23.1 Å². The van der Waals surface area contributed by atoms with Crippen LogP contribution in [-0.2, 0) is 13.0 Å². The van der Waals surface area contributed by atoms with Crippen molar-refractivity contribution in [3.8, 4) is 0 Å². The summed E-state index contributed by atoms with van der Waals surface area (Å²) in [4.78, 5) is 14.5. The smallest absolute Gasteiger partial charge is 0.336 e. The fraction of sp³-hybridized carbons (Fsp3) is 0.312. The lowest BCUT2D eigenvalue weighted by molar-refractivity contribution is 0.0694. The zero-order valence-corrected chi connectivity index (χ0v) is 12.9. The predicted molar refractivity (Wildman–Crippen MR) is 82.3 cm³/mol. The molecule has 1 unspecified atom stereocenters. The van der Waals surface area contributed by atoms with Crippen LogP contribution in [0.15, 0.2) is 35.7 Å². The Bertz CT molecular complexity index is 613. The van der Waals surface area contributed by atoms with Crippen LogP contribution in [0.3, 0.4) is 0 Å². The summed E-state index contributed by atoms with van der Waals surface area (Å²) in [5, 5.41) is 11.2. The van der Waals surface area contributed by atoms with E-state index in [1.54, 1.807) is 11.3 Å². The number of rotatable bonds is 6. The van der Waals surface area contributed by atoms with Gasteiger partial charge >= 0.3 is 5.97 Å². The number of aromatic carboxylic acids is 1. The molecule has 0 saturated carbocycles. The predicted octanol–water partition coefficient (Wildman–Crippen LogP) is 3.65. The Morgan fingerprint density at radius 1 is 1.43 bits per heavy atom. The summed E-state index contributed by atoms with van der Waals surface area (Å²) in [5.41, 5.74) is 0.662. The lowest BCUT2D eigenvalue weighted by atomic mass is 10.1. The number of carboxylic acids is 1. The van der Waals surface area contributed by atoms with E-state index < -0.39 is 11.8 Å². The highest BCUT2D eigenvalue weighted by atomic mass is 32.1. The average molecular weight is 307 g/mol. The summed E-state index contributed by atoms with van der Waals surface area (Å²) in [5.74, 6) is -1.43. The van der Waals surface area contributed by atoms with Gasteiger partial charge in [-0.15, -0.1) is 11.3 Å². The molecule has 0 fully saturated rings. The largest absolute Gasteiger partial charge is 0.478 e. The number of hydrogen-bond acceptors (Lipinski definition) is 3. The van der Waals surface area contributed by atoms with Crippen LogP contribution < -0.4 is 0 Å². The molecule has 2 rings (SSSR count). The van der Waals surface area contributed by atoms with Crippen LogP contribution in [-0.4, -0.2) is 29.1 Å². The fourth-order valence-corrected chi connectivity index (χ4v) is 3.03. The molecule has 112 valence electrons. The van der Waals surface area contributed by atoms with Gasteiger partial charge in [0.05, 0.1) is 5.56 Å². The van der Waals surface area contributed by atoms with Gasteiger partial charge in [-0.05, 0) is 55.6 Å². The van der Waals surface area contributed by atoms with Gasteiger partial charge in [0.1, 0.15) is 5.82 Å². The second kappa shape index (κ2) is 6.83. The third-order valence-corrected chi connectivity index (χ3v) is 4.45. The number of thiophene rings is 1. The third kappa shape index (κ3) is 4.12. The first-order valence-corrected chi connectivity index (χ1v) is 7.59. The van der Waals surface area contributed by atoms with E-state index in [2.05, 4.69) is 13.0 Å². The van der Waals surface area contributed by atoms with Gasteiger partial charge in [0.2, 0.25) is 0 Å². The van der Waals surface area contributed by atoms with Crippen molar-refractivity contribution in [1.82, 2.24) is 4.90 Å². The number of likely N-dealkylation sites (N-methyl/N-ethyl adjacent to an activating group) is 1. The highest BCUT2D eigenvalue weighted by molar-refractivity contribution is 7.09. The molecule has 5 heteroatoms. The number of carbonyl (C=O) groups is 1. The van der Waals surface area contributed by atoms with Crippen LogP contribution in [0.1, 0.15) is 27.7 Å². The van der Waals surface area contributed by atoms with Gasteiger partial charge in [-0.25, -0.2) is 9.18 Å². The molecule has 0 saturated heterocycles. The highest BCUT2D eigenvalue weighted by Gasteiger charge is 2.16. The van der Waals surface area contributed by atoms with Gasteiger partial charge in [0.25, 0.3) is 0 Å². The topological polar surface area (TPSA) is 40.5 Å². The van der Waals surface area contributed by atoms with Crippen molar-refractivity contribution in [2.75, 3.05) is 7.05 Å². The van der Waals surface area contributed by atoms with E-state index in [0.717, 1.165) is 6.42 Å². The van der Waals surface area contributed by atoms with Crippen LogP contribution in [0.25, 0.3) is 0 Å². The Hall–Kier alpha value is -1.72. The quantitative estimate of drug-likeness (QED) is 0.885. The van der Waals surface area contributed by atoms with Crippen LogP contribution >= 0.6 is 11.3 Å². The summed E-state index contributed by atoms with van der Waals surface area (Å²) in [6.45, 7) is 2.49. The van der Waals surface area contributed by atoms with E-state index in [9.17, 15) is 14.3 Å². The van der Waals surface area contributed by atoms with Gasteiger partial charge in [-0.3, -0.25) is 4.90 Å². The number of nitrogens with zero attached hydrogens (tertiary/aromatic N) is 1. The van der Waals surface area contributed by atoms with Crippen molar-refractivity contribution >= 4 is 17.3 Å². The van der Waals surface area contributed by atoms with Crippen LogP contribution in [0.5, 0.6) is 0 Å². The first kappa shape index (κ1) is 15.7. The van der Waals surface area contributed by atoms with E-state index in [-0.39, 0.29) is 11.6 Å².